The number of fused-ring (bicyclic) bond motifs is 4. The van der Waals surface area contributed by atoms with E-state index < -0.39 is 88.8 Å². The van der Waals surface area contributed by atoms with Crippen LogP contribution in [0.15, 0.2) is 22.2 Å². The molecule has 4 aromatic heterocycles. The molecule has 3 aliphatic rings. The Hall–Kier alpha value is -3.66. The minimum atomic E-state index is -5.14. The number of aromatic nitrogens is 8. The van der Waals surface area contributed by atoms with Crippen LogP contribution < -0.4 is 22.6 Å². The second-order valence-electron chi connectivity index (χ2n) is 10.7. The molecule has 1 aliphatic carbocycles. The first kappa shape index (κ1) is 31.0. The van der Waals surface area contributed by atoms with Crippen LogP contribution in [0.2, 0.25) is 0 Å². The number of nitrogens with zero attached hydrogens (tertiary/aromatic N) is 6. The number of nitrogen functional groups attached to an aromatic ring is 2. The number of phosphoric acid groups is 2. The van der Waals surface area contributed by atoms with Gasteiger partial charge in [-0.3, -0.25) is 42.2 Å². The fourth-order valence-electron chi connectivity index (χ4n) is 5.85. The van der Waals surface area contributed by atoms with E-state index >= 15 is 8.78 Å². The summed E-state index contributed by atoms with van der Waals surface area (Å²) in [4.78, 5) is 65.7. The fourth-order valence-corrected chi connectivity index (χ4v) is 7.84. The van der Waals surface area contributed by atoms with E-state index in [2.05, 4.69) is 29.9 Å². The molecule has 10 atom stereocenters. The molecule has 25 heteroatoms. The van der Waals surface area contributed by atoms with Crippen molar-refractivity contribution in [2.24, 2.45) is 5.92 Å². The van der Waals surface area contributed by atoms with Crippen LogP contribution in [0.25, 0.3) is 22.3 Å². The first-order valence-corrected chi connectivity index (χ1v) is 16.4. The molecule has 2 aliphatic heterocycles. The highest BCUT2D eigenvalue weighted by molar-refractivity contribution is 7.47. The van der Waals surface area contributed by atoms with Gasteiger partial charge in [0.1, 0.15) is 24.5 Å². The van der Waals surface area contributed by atoms with Gasteiger partial charge in [0.15, 0.2) is 34.7 Å². The molecule has 8 N–H and O–H groups in total. The molecule has 0 spiro atoms. The van der Waals surface area contributed by atoms with Crippen molar-refractivity contribution < 1.29 is 50.5 Å². The zero-order valence-electron chi connectivity index (χ0n) is 23.0. The molecule has 46 heavy (non-hydrogen) atoms. The molecule has 0 amide bonds. The highest BCUT2D eigenvalue weighted by atomic mass is 31.2. The Kier molecular flexibility index (Phi) is 7.38. The van der Waals surface area contributed by atoms with Crippen LogP contribution in [0.4, 0.5) is 20.7 Å². The van der Waals surface area contributed by atoms with Gasteiger partial charge < -0.3 is 30.6 Å². The van der Waals surface area contributed by atoms with Crippen molar-refractivity contribution in [3.8, 4) is 0 Å². The Morgan fingerprint density at radius 3 is 2.02 bits per heavy atom. The average molecular weight is 692 g/mol. The number of aromatic amines is 2. The summed E-state index contributed by atoms with van der Waals surface area (Å²) >= 11 is 0. The van der Waals surface area contributed by atoms with Crippen LogP contribution in [0, 0.1) is 5.92 Å². The van der Waals surface area contributed by atoms with Gasteiger partial charge in [0.2, 0.25) is 11.9 Å². The van der Waals surface area contributed by atoms with Crippen LogP contribution in [0.1, 0.15) is 18.7 Å². The number of rotatable bonds is 2. The summed E-state index contributed by atoms with van der Waals surface area (Å²) in [5, 5.41) is 0. The van der Waals surface area contributed by atoms with E-state index in [4.69, 9.17) is 34.3 Å². The zero-order valence-corrected chi connectivity index (χ0v) is 24.7. The smallest absolute Gasteiger partial charge is 0.369 e. The third-order valence-electron chi connectivity index (χ3n) is 7.85. The molecule has 248 valence electrons. The molecule has 1 saturated carbocycles. The Morgan fingerprint density at radius 1 is 0.848 bits per heavy atom. The normalized spacial score (nSPS) is 37.1. The number of imidazole rings is 2. The molecule has 2 saturated heterocycles. The molecule has 7 rings (SSSR count). The summed E-state index contributed by atoms with van der Waals surface area (Å²) in [5.74, 6) is -1.78. The minimum Gasteiger partial charge on any atom is -0.369 e. The number of hydrogen-bond donors (Lipinski definition) is 6. The van der Waals surface area contributed by atoms with Crippen molar-refractivity contribution in [2.75, 3.05) is 24.7 Å². The van der Waals surface area contributed by atoms with Gasteiger partial charge in [0.25, 0.3) is 11.1 Å². The Balaban J connectivity index is 1.18. The molecule has 0 aromatic carbocycles. The van der Waals surface area contributed by atoms with Crippen LogP contribution in [-0.2, 0) is 32.0 Å². The SMILES string of the molecule is Nc1nc2c(ncn2[C@@H]2C[C@@H]3COP(=O)(O)OC4C(F)[C@H](n5cnc6c(=O)[nH]c(N)nc65)O[C@@H]4COP(=O)(O)OC3C2F)c(=O)[nH]1. The summed E-state index contributed by atoms with van der Waals surface area (Å²) in [6.45, 7) is -1.72. The van der Waals surface area contributed by atoms with Crippen molar-refractivity contribution in [1.82, 2.24) is 39.0 Å². The van der Waals surface area contributed by atoms with Crippen LogP contribution in [0.5, 0.6) is 0 Å². The number of nitrogens with two attached hydrogens (primary N) is 2. The number of halogens is 2. The monoisotopic (exact) mass is 692 g/mol. The number of hydrogen-bond acceptors (Lipinski definition) is 15. The van der Waals surface area contributed by atoms with Crippen LogP contribution in [0.3, 0.4) is 0 Å². The van der Waals surface area contributed by atoms with Gasteiger partial charge in [-0.2, -0.15) is 9.97 Å². The fraction of sp³-hybridized carbons (Fsp3) is 0.524. The van der Waals surface area contributed by atoms with Crippen molar-refractivity contribution in [3.05, 3.63) is 33.4 Å². The van der Waals surface area contributed by atoms with E-state index in [1.54, 1.807) is 0 Å². The molecule has 4 aromatic rings. The highest BCUT2D eigenvalue weighted by Crippen LogP contribution is 2.55. The minimum absolute atomic E-state index is 0.0894. The number of ether oxygens (including phenoxy) is 1. The van der Waals surface area contributed by atoms with E-state index in [0.29, 0.717) is 0 Å². The largest absolute Gasteiger partial charge is 0.472 e. The maximum atomic E-state index is 16.0. The lowest BCUT2D eigenvalue weighted by atomic mass is 10.1. The maximum absolute atomic E-state index is 16.0. The Bertz CT molecular complexity index is 1910. The predicted octanol–water partition coefficient (Wildman–Crippen LogP) is -0.430. The second kappa shape index (κ2) is 11.0. The summed E-state index contributed by atoms with van der Waals surface area (Å²) in [6.07, 6.45) is -9.53. The van der Waals surface area contributed by atoms with Crippen molar-refractivity contribution in [1.29, 1.82) is 0 Å². The van der Waals surface area contributed by atoms with Gasteiger partial charge in [0, 0.05) is 5.92 Å². The topological polar surface area (TPSA) is 300 Å². The number of phosphoric ester groups is 2. The summed E-state index contributed by atoms with van der Waals surface area (Å²) in [7, 11) is -10.3. The Morgan fingerprint density at radius 2 is 1.39 bits per heavy atom. The van der Waals surface area contributed by atoms with Crippen LogP contribution in [-0.4, -0.2) is 92.7 Å². The lowest BCUT2D eigenvalue weighted by Crippen LogP contribution is -2.35. The molecule has 3 fully saturated rings. The van der Waals surface area contributed by atoms with Gasteiger partial charge in [-0.25, -0.2) is 27.9 Å². The maximum Gasteiger partial charge on any atom is 0.472 e. The molecular weight excluding hydrogens is 668 g/mol. The predicted molar refractivity (Wildman–Crippen MR) is 147 cm³/mol. The molecule has 6 unspecified atom stereocenters. The quantitative estimate of drug-likeness (QED) is 0.145. The average Bonchev–Trinajstić information content (AvgIpc) is 3.72. The van der Waals surface area contributed by atoms with Crippen LogP contribution >= 0.6 is 15.6 Å². The lowest BCUT2D eigenvalue weighted by Gasteiger charge is -2.28. The van der Waals surface area contributed by atoms with Gasteiger partial charge >= 0.3 is 15.6 Å². The molecule has 6 heterocycles. The van der Waals surface area contributed by atoms with Crippen molar-refractivity contribution in [3.63, 3.8) is 0 Å². The third kappa shape index (κ3) is 5.32. The highest BCUT2D eigenvalue weighted by Gasteiger charge is 2.54. The summed E-state index contributed by atoms with van der Waals surface area (Å²) in [5.41, 5.74) is 9.13. The third-order valence-corrected chi connectivity index (χ3v) is 9.82. The second-order valence-corrected chi connectivity index (χ2v) is 13.5. The number of alkyl halides is 2. The van der Waals surface area contributed by atoms with E-state index in [9.17, 15) is 28.5 Å². The summed E-state index contributed by atoms with van der Waals surface area (Å²) in [6, 6.07) is -1.22. The van der Waals surface area contributed by atoms with Gasteiger partial charge in [-0.1, -0.05) is 0 Å². The van der Waals surface area contributed by atoms with E-state index in [1.165, 1.54) is 4.57 Å². The first-order chi connectivity index (χ1) is 21.7. The molecule has 0 bridgehead atoms. The van der Waals surface area contributed by atoms with E-state index in [0.717, 1.165) is 17.2 Å². The zero-order chi connectivity index (χ0) is 32.7. The standard InChI is InChI=1S/C21H24F2N10O11P2/c22-9-7(32-4-26-11-15(32)28-20(24)30-17(11)34)1-6-2-40-45(36,37)44-14-8(3-41-46(38,39)43-13(6)9)42-19(10(14)23)33-5-27-12-16(33)29-21(25)31-18(12)35/h4-10,13-14,19H,1-3H2,(H,36,37)(H,38,39)(H3,24,28,30,34)(H3,25,29,31,35)/t6-,7-,8-,9?,10?,13?,14?,19-/m1/s1. The molecule has 21 nitrogen and oxygen atoms in total. The van der Waals surface area contributed by atoms with Gasteiger partial charge in [0.05, 0.1) is 31.9 Å². The number of nitrogens with one attached hydrogen (secondary N) is 2. The van der Waals surface area contributed by atoms with Crippen molar-refractivity contribution in [2.45, 2.75) is 49.3 Å². The number of H-pyrrole nitrogens is 2. The van der Waals surface area contributed by atoms with Crippen molar-refractivity contribution >= 4 is 49.9 Å². The van der Waals surface area contributed by atoms with Gasteiger partial charge in [-0.05, 0) is 6.42 Å². The molecule has 0 radical (unpaired) electrons. The number of anilines is 2. The van der Waals surface area contributed by atoms with E-state index in [1.807, 2.05) is 0 Å². The summed E-state index contributed by atoms with van der Waals surface area (Å²) < 4.78 is 86.3. The van der Waals surface area contributed by atoms with E-state index in [-0.39, 0.29) is 40.6 Å². The Labute approximate surface area is 253 Å². The van der Waals surface area contributed by atoms with Gasteiger partial charge in [-0.15, -0.1) is 0 Å². The first-order valence-electron chi connectivity index (χ1n) is 13.4. The molecular formula is C21H24F2N10O11P2. The lowest BCUT2D eigenvalue weighted by molar-refractivity contribution is -0.0551.